The van der Waals surface area contributed by atoms with E-state index in [2.05, 4.69) is 41.8 Å². The molecule has 0 fully saturated rings. The number of thioether (sulfide) groups is 1. The quantitative estimate of drug-likeness (QED) is 0.128. The second-order valence-electron chi connectivity index (χ2n) is 13.0. The fraction of sp³-hybridized carbons (Fsp3) is 0.342. The van der Waals surface area contributed by atoms with Gasteiger partial charge in [-0.1, -0.05) is 71.0 Å². The van der Waals surface area contributed by atoms with Crippen LogP contribution in [0.4, 0.5) is 13.2 Å². The monoisotopic (exact) mass is 675 g/mol. The fourth-order valence-electron chi connectivity index (χ4n) is 6.12. The largest absolute Gasteiger partial charge is 0.481 e. The minimum absolute atomic E-state index is 0.171. The van der Waals surface area contributed by atoms with E-state index in [-0.39, 0.29) is 4.75 Å². The Morgan fingerprint density at radius 2 is 1.65 bits per heavy atom. The van der Waals surface area contributed by atoms with Crippen LogP contribution in [0.15, 0.2) is 90.1 Å². The van der Waals surface area contributed by atoms with E-state index in [1.165, 1.54) is 6.07 Å². The minimum Gasteiger partial charge on any atom is -0.481 e. The van der Waals surface area contributed by atoms with E-state index in [0.717, 1.165) is 44.9 Å². The normalized spacial score (nSPS) is 13.1. The number of pyridine rings is 2. The molecule has 2 N–H and O–H groups in total. The highest BCUT2D eigenvalue weighted by atomic mass is 32.2. The molecule has 0 spiro atoms. The molecule has 1 atom stereocenters. The van der Waals surface area contributed by atoms with Gasteiger partial charge in [0.2, 0.25) is 5.88 Å². The zero-order chi connectivity index (χ0) is 34.7. The molecule has 5 aromatic rings. The number of hydrogen-bond donors (Lipinski definition) is 2. The Bertz CT molecular complexity index is 1840. The van der Waals surface area contributed by atoms with Crippen molar-refractivity contribution in [2.75, 3.05) is 0 Å². The third-order valence-corrected chi connectivity index (χ3v) is 10.0. The van der Waals surface area contributed by atoms with E-state index >= 15 is 0 Å². The standard InChI is InChI=1S/C38H40F3N3O3S/c1-6-37(7-2,35(45)46)29(21-24-11-14-26(15-12-24)30-18-16-27(22-43-30)38(39,40)41)33-34(48-36(3,4)5)28-20-25(13-17-31(28)44-33)23-47-32-10-8-9-19-42-32/h8-20,22,29,44H,6-7,21,23H2,1-5H3,(H,45,46). The van der Waals surface area contributed by atoms with Gasteiger partial charge in [-0.3, -0.25) is 9.78 Å². The number of hydrogen-bond acceptors (Lipinski definition) is 5. The molecule has 0 saturated carbocycles. The summed E-state index contributed by atoms with van der Waals surface area (Å²) in [7, 11) is 0. The van der Waals surface area contributed by atoms with Crippen LogP contribution in [0, 0.1) is 5.41 Å². The second kappa shape index (κ2) is 14.0. The van der Waals surface area contributed by atoms with Crippen molar-refractivity contribution in [3.8, 4) is 17.1 Å². The van der Waals surface area contributed by atoms with Gasteiger partial charge in [0.05, 0.1) is 16.7 Å². The van der Waals surface area contributed by atoms with E-state index in [9.17, 15) is 23.1 Å². The molecule has 10 heteroatoms. The summed E-state index contributed by atoms with van der Waals surface area (Å²) in [5, 5.41) is 11.8. The maximum absolute atomic E-state index is 13.2. The fourth-order valence-corrected chi connectivity index (χ4v) is 7.32. The van der Waals surface area contributed by atoms with E-state index in [1.807, 2.05) is 68.4 Å². The molecule has 0 bridgehead atoms. The number of benzene rings is 2. The molecule has 0 amide bonds. The van der Waals surface area contributed by atoms with E-state index < -0.39 is 29.0 Å². The Morgan fingerprint density at radius 3 is 2.21 bits per heavy atom. The van der Waals surface area contributed by atoms with Crippen molar-refractivity contribution in [2.45, 2.75) is 82.2 Å². The topological polar surface area (TPSA) is 88.1 Å². The maximum Gasteiger partial charge on any atom is 0.417 e. The highest BCUT2D eigenvalue weighted by Crippen LogP contribution is 2.50. The summed E-state index contributed by atoms with van der Waals surface area (Å²) in [5.41, 5.74) is 2.92. The van der Waals surface area contributed by atoms with Crippen LogP contribution in [-0.4, -0.2) is 30.8 Å². The first-order chi connectivity index (χ1) is 22.7. The van der Waals surface area contributed by atoms with E-state index in [4.69, 9.17) is 4.74 Å². The lowest BCUT2D eigenvalue weighted by molar-refractivity contribution is -0.151. The molecule has 0 aliphatic carbocycles. The van der Waals surface area contributed by atoms with Crippen molar-refractivity contribution in [1.82, 2.24) is 15.0 Å². The number of nitrogens with one attached hydrogen (secondary N) is 1. The predicted molar refractivity (Wildman–Crippen MR) is 184 cm³/mol. The number of aliphatic carboxylic acids is 1. The van der Waals surface area contributed by atoms with Crippen LogP contribution in [0.5, 0.6) is 5.88 Å². The molecule has 0 aliphatic heterocycles. The van der Waals surface area contributed by atoms with Crippen molar-refractivity contribution in [2.24, 2.45) is 5.41 Å². The lowest BCUT2D eigenvalue weighted by Crippen LogP contribution is -2.38. The summed E-state index contributed by atoms with van der Waals surface area (Å²) in [6.45, 7) is 10.6. The molecular weight excluding hydrogens is 635 g/mol. The Balaban J connectivity index is 1.56. The van der Waals surface area contributed by atoms with Gasteiger partial charge in [0, 0.05) is 56.2 Å². The van der Waals surface area contributed by atoms with Crippen LogP contribution in [0.3, 0.4) is 0 Å². The molecule has 2 aromatic carbocycles. The van der Waals surface area contributed by atoms with Gasteiger partial charge < -0.3 is 14.8 Å². The maximum atomic E-state index is 13.2. The number of carbonyl (C=O) groups is 1. The van der Waals surface area contributed by atoms with Crippen molar-refractivity contribution in [3.05, 3.63) is 108 Å². The summed E-state index contributed by atoms with van der Waals surface area (Å²) in [5.74, 6) is -0.725. The SMILES string of the molecule is CCC(CC)(C(=O)O)C(Cc1ccc(-c2ccc(C(F)(F)F)cn2)cc1)c1[nH]c2ccc(COc3ccccn3)cc2c1SC(C)(C)C. The molecule has 0 aliphatic rings. The molecule has 6 nitrogen and oxygen atoms in total. The van der Waals surface area contributed by atoms with Gasteiger partial charge in [-0.05, 0) is 60.7 Å². The average Bonchev–Trinajstić information content (AvgIpc) is 3.40. The van der Waals surface area contributed by atoms with Crippen molar-refractivity contribution < 1.29 is 27.8 Å². The third kappa shape index (κ3) is 7.70. The number of fused-ring (bicyclic) bond motifs is 1. The molecule has 48 heavy (non-hydrogen) atoms. The zero-order valence-electron chi connectivity index (χ0n) is 27.7. The second-order valence-corrected chi connectivity index (χ2v) is 14.8. The molecule has 3 aromatic heterocycles. The Morgan fingerprint density at radius 1 is 0.938 bits per heavy atom. The molecule has 3 heterocycles. The van der Waals surface area contributed by atoms with Crippen LogP contribution in [0.25, 0.3) is 22.2 Å². The van der Waals surface area contributed by atoms with Crippen LogP contribution in [0.2, 0.25) is 0 Å². The Kier molecular flexibility index (Phi) is 10.2. The molecule has 0 saturated heterocycles. The number of H-pyrrole nitrogens is 1. The number of halogens is 3. The summed E-state index contributed by atoms with van der Waals surface area (Å²) >= 11 is 1.71. The van der Waals surface area contributed by atoms with Crippen LogP contribution >= 0.6 is 11.8 Å². The lowest BCUT2D eigenvalue weighted by atomic mass is 9.67. The van der Waals surface area contributed by atoms with Crippen molar-refractivity contribution in [1.29, 1.82) is 0 Å². The van der Waals surface area contributed by atoms with E-state index in [1.54, 1.807) is 18.0 Å². The van der Waals surface area contributed by atoms with Crippen LogP contribution in [0.1, 0.15) is 75.8 Å². The number of nitrogens with zero attached hydrogens (tertiary/aromatic N) is 2. The molecule has 1 unspecified atom stereocenters. The van der Waals surface area contributed by atoms with Gasteiger partial charge in [0.25, 0.3) is 0 Å². The summed E-state index contributed by atoms with van der Waals surface area (Å²) in [6.07, 6.45) is -0.644. The molecule has 0 radical (unpaired) electrons. The lowest BCUT2D eigenvalue weighted by Gasteiger charge is -2.36. The summed E-state index contributed by atoms with van der Waals surface area (Å²) in [4.78, 5) is 26.1. The zero-order valence-corrected chi connectivity index (χ0v) is 28.5. The van der Waals surface area contributed by atoms with Gasteiger partial charge in [0.15, 0.2) is 0 Å². The van der Waals surface area contributed by atoms with Gasteiger partial charge in [-0.2, -0.15) is 13.2 Å². The first kappa shape index (κ1) is 35.0. The Labute approximate surface area is 283 Å². The highest BCUT2D eigenvalue weighted by molar-refractivity contribution is 8.00. The number of aromatic nitrogens is 3. The number of carboxylic acids is 1. The number of aromatic amines is 1. The van der Waals surface area contributed by atoms with E-state index in [0.29, 0.717) is 43.0 Å². The highest BCUT2D eigenvalue weighted by Gasteiger charge is 2.45. The summed E-state index contributed by atoms with van der Waals surface area (Å²) in [6, 6.07) is 21.5. The van der Waals surface area contributed by atoms with Gasteiger partial charge in [-0.15, -0.1) is 11.8 Å². The number of rotatable bonds is 12. The first-order valence-electron chi connectivity index (χ1n) is 16.0. The number of ether oxygens (including phenoxy) is 1. The molecule has 5 rings (SSSR count). The van der Waals surface area contributed by atoms with Gasteiger partial charge >= 0.3 is 12.1 Å². The van der Waals surface area contributed by atoms with Crippen molar-refractivity contribution >= 4 is 28.6 Å². The third-order valence-electron chi connectivity index (χ3n) is 8.76. The Hall–Kier alpha value is -4.31. The summed E-state index contributed by atoms with van der Waals surface area (Å²) < 4.78 is 44.9. The average molecular weight is 676 g/mol. The molecular formula is C38H40F3N3O3S. The van der Waals surface area contributed by atoms with Gasteiger partial charge in [-0.25, -0.2) is 4.98 Å². The van der Waals surface area contributed by atoms with Gasteiger partial charge in [0.1, 0.15) is 6.61 Å². The smallest absolute Gasteiger partial charge is 0.417 e. The first-order valence-corrected chi connectivity index (χ1v) is 16.8. The molecule has 252 valence electrons. The predicted octanol–water partition coefficient (Wildman–Crippen LogP) is 10.3. The number of alkyl halides is 3. The van der Waals surface area contributed by atoms with Crippen LogP contribution in [-0.2, 0) is 24.0 Å². The minimum atomic E-state index is -4.46. The van der Waals surface area contributed by atoms with Crippen molar-refractivity contribution in [3.63, 3.8) is 0 Å². The number of carboxylic acid groups (broad SMARTS) is 1. The van der Waals surface area contributed by atoms with Crippen LogP contribution < -0.4 is 4.74 Å².